The molecule has 9 aromatic rings. The van der Waals surface area contributed by atoms with Crippen molar-refractivity contribution in [1.29, 1.82) is 10.5 Å². The summed E-state index contributed by atoms with van der Waals surface area (Å²) in [6.45, 7) is 0. The Morgan fingerprint density at radius 1 is 0.571 bits per heavy atom. The highest BCUT2D eigenvalue weighted by Crippen LogP contribution is 2.45. The van der Waals surface area contributed by atoms with E-state index in [2.05, 4.69) is 83.4 Å². The Hall–Kier alpha value is -6.82. The second kappa shape index (κ2) is 10.3. The maximum absolute atomic E-state index is 10.5. The quantitative estimate of drug-likeness (QED) is 0.195. The summed E-state index contributed by atoms with van der Waals surface area (Å²) in [4.78, 5) is 0. The van der Waals surface area contributed by atoms with Crippen molar-refractivity contribution >= 4 is 66.4 Å². The Morgan fingerprint density at radius 3 is 2.06 bits per heavy atom. The monoisotopic (exact) mass is 627 g/mol. The SMILES string of the molecule is N#Cc1cccc(-c2ccc3oc4ccc5oc6c(c5c4c3c2)C=C(c2cccc(C#N)c2-n2c3ccccc3c3ccccc32)CC6)c1. The number of fused-ring (bicyclic) bond motifs is 10. The van der Waals surface area contributed by atoms with Crippen LogP contribution >= 0.6 is 0 Å². The van der Waals surface area contributed by atoms with E-state index in [9.17, 15) is 10.5 Å². The summed E-state index contributed by atoms with van der Waals surface area (Å²) in [5.74, 6) is 0.952. The fraction of sp³-hybridized carbons (Fsp3) is 0.0455. The lowest BCUT2D eigenvalue weighted by Crippen LogP contribution is -2.05. The summed E-state index contributed by atoms with van der Waals surface area (Å²) >= 11 is 0. The van der Waals surface area contributed by atoms with E-state index >= 15 is 0 Å². The summed E-state index contributed by atoms with van der Waals surface area (Å²) in [7, 11) is 0. The fourth-order valence-corrected chi connectivity index (χ4v) is 7.82. The standard InChI is InChI=1S/C44H25N3O2/c45-24-26-7-5-8-27(21-26)28-15-17-38-34(22-28)42-40(48-38)19-20-41-43(42)35-23-29(16-18-39(35)49-41)31-12-6-9-30(25-46)44(31)47-36-13-3-1-10-32(36)33-11-2-4-14-37(33)47/h1-15,17,19-23H,16,18H2. The molecule has 3 aromatic heterocycles. The Labute approximate surface area is 280 Å². The largest absolute Gasteiger partial charge is 0.460 e. The van der Waals surface area contributed by atoms with Gasteiger partial charge >= 0.3 is 0 Å². The van der Waals surface area contributed by atoms with E-state index in [0.29, 0.717) is 11.1 Å². The van der Waals surface area contributed by atoms with E-state index in [1.54, 1.807) is 0 Å². The zero-order valence-corrected chi connectivity index (χ0v) is 26.2. The van der Waals surface area contributed by atoms with Crippen LogP contribution in [0.1, 0.15) is 34.4 Å². The molecule has 49 heavy (non-hydrogen) atoms. The molecule has 5 heteroatoms. The molecule has 228 valence electrons. The molecule has 0 aliphatic heterocycles. The van der Waals surface area contributed by atoms with Crippen LogP contribution in [0.15, 0.2) is 130 Å². The van der Waals surface area contributed by atoms with Gasteiger partial charge in [0.15, 0.2) is 0 Å². The molecule has 0 fully saturated rings. The van der Waals surface area contributed by atoms with Crippen LogP contribution in [0.4, 0.5) is 0 Å². The number of benzene rings is 6. The third-order valence-corrected chi connectivity index (χ3v) is 9.97. The van der Waals surface area contributed by atoms with E-state index in [0.717, 1.165) is 107 Å². The molecule has 0 saturated carbocycles. The van der Waals surface area contributed by atoms with E-state index in [1.807, 2.05) is 60.7 Å². The zero-order chi connectivity index (χ0) is 32.6. The smallest absolute Gasteiger partial charge is 0.136 e. The fourth-order valence-electron chi connectivity index (χ4n) is 7.82. The first-order valence-electron chi connectivity index (χ1n) is 16.3. The molecule has 6 aromatic carbocycles. The number of hydrogen-bond acceptors (Lipinski definition) is 4. The molecule has 0 atom stereocenters. The number of furan rings is 2. The topological polar surface area (TPSA) is 78.8 Å². The minimum Gasteiger partial charge on any atom is -0.460 e. The van der Waals surface area contributed by atoms with E-state index in [-0.39, 0.29) is 0 Å². The molecule has 1 aliphatic carbocycles. The first-order valence-corrected chi connectivity index (χ1v) is 16.3. The van der Waals surface area contributed by atoms with Gasteiger partial charge in [-0.1, -0.05) is 66.7 Å². The number of hydrogen-bond donors (Lipinski definition) is 0. The molecule has 3 heterocycles. The summed E-state index contributed by atoms with van der Waals surface area (Å²) in [6, 6.07) is 45.5. The molecule has 0 N–H and O–H groups in total. The number of para-hydroxylation sites is 3. The molecule has 5 nitrogen and oxygen atoms in total. The van der Waals surface area contributed by atoms with Crippen molar-refractivity contribution in [3.05, 3.63) is 149 Å². The molecular formula is C44H25N3O2. The van der Waals surface area contributed by atoms with Crippen LogP contribution in [0.2, 0.25) is 0 Å². The van der Waals surface area contributed by atoms with Crippen molar-refractivity contribution in [3.8, 4) is 29.0 Å². The van der Waals surface area contributed by atoms with Gasteiger partial charge in [0.25, 0.3) is 0 Å². The molecule has 0 unspecified atom stereocenters. The lowest BCUT2D eigenvalue weighted by Gasteiger charge is -2.20. The number of aryl methyl sites for hydroxylation is 1. The van der Waals surface area contributed by atoms with Gasteiger partial charge in [-0.3, -0.25) is 0 Å². The third kappa shape index (κ3) is 3.97. The highest BCUT2D eigenvalue weighted by Gasteiger charge is 2.26. The number of allylic oxidation sites excluding steroid dienone is 1. The van der Waals surface area contributed by atoms with E-state index < -0.39 is 0 Å². The van der Waals surface area contributed by atoms with Crippen LogP contribution in [-0.2, 0) is 6.42 Å². The molecule has 0 bridgehead atoms. The van der Waals surface area contributed by atoms with Crippen molar-refractivity contribution in [2.45, 2.75) is 12.8 Å². The molecule has 0 amide bonds. The van der Waals surface area contributed by atoms with Crippen LogP contribution in [0.25, 0.3) is 83.2 Å². The minimum absolute atomic E-state index is 0.624. The highest BCUT2D eigenvalue weighted by molar-refractivity contribution is 6.21. The summed E-state index contributed by atoms with van der Waals surface area (Å²) in [5.41, 5.74) is 12.0. The Balaban J connectivity index is 1.22. The van der Waals surface area contributed by atoms with Crippen LogP contribution in [0.5, 0.6) is 0 Å². The number of nitrogens with zero attached hydrogens (tertiary/aromatic N) is 3. The van der Waals surface area contributed by atoms with Crippen LogP contribution in [0, 0.1) is 22.7 Å². The molecule has 10 rings (SSSR count). The Morgan fingerprint density at radius 2 is 1.29 bits per heavy atom. The molecule has 1 aliphatic rings. The van der Waals surface area contributed by atoms with E-state index in [4.69, 9.17) is 8.83 Å². The van der Waals surface area contributed by atoms with Gasteiger partial charge in [0.05, 0.1) is 33.9 Å². The maximum atomic E-state index is 10.5. The molecular weight excluding hydrogens is 603 g/mol. The van der Waals surface area contributed by atoms with Crippen molar-refractivity contribution < 1.29 is 8.83 Å². The van der Waals surface area contributed by atoms with Crippen molar-refractivity contribution in [2.24, 2.45) is 0 Å². The zero-order valence-electron chi connectivity index (χ0n) is 26.2. The van der Waals surface area contributed by atoms with E-state index in [1.165, 1.54) is 0 Å². The molecule has 0 spiro atoms. The van der Waals surface area contributed by atoms with Crippen molar-refractivity contribution in [2.75, 3.05) is 0 Å². The Kier molecular flexibility index (Phi) is 5.76. The van der Waals surface area contributed by atoms with Gasteiger partial charge in [-0.15, -0.1) is 0 Å². The average molecular weight is 628 g/mol. The molecule has 0 saturated heterocycles. The summed E-state index contributed by atoms with van der Waals surface area (Å²) in [5, 5.41) is 25.3. The third-order valence-electron chi connectivity index (χ3n) is 9.97. The van der Waals surface area contributed by atoms with Crippen molar-refractivity contribution in [1.82, 2.24) is 4.57 Å². The van der Waals surface area contributed by atoms with Gasteiger partial charge in [0, 0.05) is 44.5 Å². The van der Waals surface area contributed by atoms with Crippen LogP contribution in [0.3, 0.4) is 0 Å². The minimum atomic E-state index is 0.624. The van der Waals surface area contributed by atoms with Gasteiger partial charge < -0.3 is 13.4 Å². The second-order valence-electron chi connectivity index (χ2n) is 12.6. The lowest BCUT2D eigenvalue weighted by atomic mass is 9.89. The summed E-state index contributed by atoms with van der Waals surface area (Å²) < 4.78 is 15.2. The predicted molar refractivity (Wildman–Crippen MR) is 195 cm³/mol. The van der Waals surface area contributed by atoms with Gasteiger partial charge in [-0.25, -0.2) is 0 Å². The number of rotatable bonds is 3. The van der Waals surface area contributed by atoms with Gasteiger partial charge in [-0.05, 0) is 83.8 Å². The normalized spacial score (nSPS) is 12.8. The van der Waals surface area contributed by atoms with Crippen LogP contribution < -0.4 is 0 Å². The number of nitriles is 2. The van der Waals surface area contributed by atoms with Crippen LogP contribution in [-0.4, -0.2) is 4.57 Å². The lowest BCUT2D eigenvalue weighted by molar-refractivity contribution is 0.547. The Bertz CT molecular complexity index is 2920. The second-order valence-corrected chi connectivity index (χ2v) is 12.6. The van der Waals surface area contributed by atoms with Gasteiger partial charge in [0.1, 0.15) is 28.6 Å². The van der Waals surface area contributed by atoms with Gasteiger partial charge in [-0.2, -0.15) is 10.5 Å². The van der Waals surface area contributed by atoms with Gasteiger partial charge in [0.2, 0.25) is 0 Å². The highest BCUT2D eigenvalue weighted by atomic mass is 16.3. The van der Waals surface area contributed by atoms with Crippen molar-refractivity contribution in [3.63, 3.8) is 0 Å². The predicted octanol–water partition coefficient (Wildman–Crippen LogP) is 11.3. The first-order chi connectivity index (χ1) is 24.2. The summed E-state index contributed by atoms with van der Waals surface area (Å²) in [6.07, 6.45) is 3.78. The maximum Gasteiger partial charge on any atom is 0.136 e. The number of aromatic nitrogens is 1. The molecule has 0 radical (unpaired) electrons. The average Bonchev–Trinajstić information content (AvgIpc) is 3.83. The first kappa shape index (κ1) is 27.3.